The molecule has 1 fully saturated rings. The Labute approximate surface area is 163 Å². The van der Waals surface area contributed by atoms with Crippen LogP contribution in [0, 0.1) is 11.8 Å². The first-order valence-corrected chi connectivity index (χ1v) is 10.7. The van der Waals surface area contributed by atoms with E-state index in [4.69, 9.17) is 0 Å². The van der Waals surface area contributed by atoms with Gasteiger partial charge in [-0.3, -0.25) is 9.52 Å². The average Bonchev–Trinajstić information content (AvgIpc) is 2.54. The molecular formula is C18H30ClN3O3S. The molecule has 1 aliphatic heterocycles. The molecule has 0 bridgehead atoms. The number of nitrogens with one attached hydrogen (secondary N) is 3. The van der Waals surface area contributed by atoms with Gasteiger partial charge in [-0.2, -0.15) is 0 Å². The Kier molecular flexibility index (Phi) is 8.86. The Balaban J connectivity index is 0.00000338. The van der Waals surface area contributed by atoms with Crippen molar-refractivity contribution in [1.82, 2.24) is 10.6 Å². The molecule has 0 radical (unpaired) electrons. The highest BCUT2D eigenvalue weighted by Crippen LogP contribution is 2.26. The molecule has 2 rings (SSSR count). The van der Waals surface area contributed by atoms with E-state index in [9.17, 15) is 13.2 Å². The van der Waals surface area contributed by atoms with Crippen molar-refractivity contribution in [2.24, 2.45) is 11.8 Å². The zero-order valence-corrected chi connectivity index (χ0v) is 17.3. The van der Waals surface area contributed by atoms with Gasteiger partial charge in [0.15, 0.2) is 0 Å². The molecule has 1 aliphatic rings. The van der Waals surface area contributed by atoms with Crippen LogP contribution in [-0.4, -0.2) is 33.7 Å². The number of sulfonamides is 1. The van der Waals surface area contributed by atoms with Gasteiger partial charge in [0.05, 0.1) is 18.0 Å². The molecule has 1 aromatic carbocycles. The Morgan fingerprint density at radius 2 is 1.85 bits per heavy atom. The number of hydrogen-bond donors (Lipinski definition) is 3. The third-order valence-electron chi connectivity index (χ3n) is 4.80. The van der Waals surface area contributed by atoms with Crippen LogP contribution in [0.1, 0.15) is 44.7 Å². The highest BCUT2D eigenvalue weighted by atomic mass is 35.5. The summed E-state index contributed by atoms with van der Waals surface area (Å²) >= 11 is 0. The predicted octanol–water partition coefficient (Wildman–Crippen LogP) is 2.68. The monoisotopic (exact) mass is 403 g/mol. The third kappa shape index (κ3) is 7.13. The van der Waals surface area contributed by atoms with E-state index in [1.54, 1.807) is 12.1 Å². The molecule has 0 spiro atoms. The number of anilines is 1. The van der Waals surface area contributed by atoms with Crippen molar-refractivity contribution in [3.63, 3.8) is 0 Å². The van der Waals surface area contributed by atoms with E-state index >= 15 is 0 Å². The Morgan fingerprint density at radius 3 is 2.46 bits per heavy atom. The highest BCUT2D eigenvalue weighted by Gasteiger charge is 2.23. The Bertz CT molecular complexity index is 691. The maximum atomic E-state index is 12.4. The van der Waals surface area contributed by atoms with Gasteiger partial charge in [-0.05, 0) is 56.3 Å². The number of amides is 1. The highest BCUT2D eigenvalue weighted by molar-refractivity contribution is 7.92. The minimum Gasteiger partial charge on any atom is -0.349 e. The van der Waals surface area contributed by atoms with E-state index in [0.717, 1.165) is 37.8 Å². The van der Waals surface area contributed by atoms with Crippen molar-refractivity contribution < 1.29 is 13.2 Å². The summed E-state index contributed by atoms with van der Waals surface area (Å²) in [6.45, 7) is 6.06. The van der Waals surface area contributed by atoms with E-state index in [-0.39, 0.29) is 24.4 Å². The summed E-state index contributed by atoms with van der Waals surface area (Å²) in [6, 6.07) is 6.87. The number of rotatable bonds is 7. The summed E-state index contributed by atoms with van der Waals surface area (Å²) in [5.41, 5.74) is 1.26. The van der Waals surface area contributed by atoms with Crippen molar-refractivity contribution in [2.45, 2.75) is 39.2 Å². The zero-order valence-electron chi connectivity index (χ0n) is 15.6. The number of halogens is 1. The number of benzene rings is 1. The van der Waals surface area contributed by atoms with Crippen LogP contribution in [0.2, 0.25) is 0 Å². The first-order chi connectivity index (χ1) is 11.8. The molecule has 0 aromatic heterocycles. The van der Waals surface area contributed by atoms with E-state index < -0.39 is 10.0 Å². The summed E-state index contributed by atoms with van der Waals surface area (Å²) in [4.78, 5) is 12.4. The fraction of sp³-hybridized carbons (Fsp3) is 0.611. The molecule has 1 amide bonds. The van der Waals surface area contributed by atoms with E-state index in [1.807, 2.05) is 19.1 Å². The molecular weight excluding hydrogens is 374 g/mol. The van der Waals surface area contributed by atoms with Gasteiger partial charge in [0.1, 0.15) is 0 Å². The van der Waals surface area contributed by atoms with E-state index in [2.05, 4.69) is 22.3 Å². The molecule has 0 aliphatic carbocycles. The second kappa shape index (κ2) is 10.1. The first-order valence-electron chi connectivity index (χ1n) is 8.83. The van der Waals surface area contributed by atoms with E-state index in [0.29, 0.717) is 23.9 Å². The Morgan fingerprint density at radius 1 is 1.23 bits per heavy atom. The molecule has 6 nitrogen and oxygen atoms in total. The lowest BCUT2D eigenvalue weighted by molar-refractivity contribution is -0.123. The van der Waals surface area contributed by atoms with Crippen molar-refractivity contribution in [3.8, 4) is 0 Å². The molecule has 2 atom stereocenters. The smallest absolute Gasteiger partial charge is 0.229 e. The standard InChI is InChI=1S/C18H29N3O3S.ClH/c1-13(15-8-10-19-11-9-15)12-18(22)20-14(2)16-6-4-5-7-17(16)21-25(3,23)24;/h4-7,13-15,19,21H,8-12H2,1-3H3,(H,20,22);1H. The molecule has 148 valence electrons. The van der Waals surface area contributed by atoms with Crippen molar-refractivity contribution in [1.29, 1.82) is 0 Å². The van der Waals surface area contributed by atoms with Gasteiger partial charge in [-0.1, -0.05) is 25.1 Å². The van der Waals surface area contributed by atoms with Crippen LogP contribution in [0.15, 0.2) is 24.3 Å². The lowest BCUT2D eigenvalue weighted by atomic mass is 9.84. The molecule has 8 heteroatoms. The Hall–Kier alpha value is -1.31. The fourth-order valence-electron chi connectivity index (χ4n) is 3.42. The molecule has 3 N–H and O–H groups in total. The fourth-order valence-corrected chi connectivity index (χ4v) is 4.00. The summed E-state index contributed by atoms with van der Waals surface area (Å²) in [6.07, 6.45) is 3.85. The van der Waals surface area contributed by atoms with Gasteiger partial charge in [0.25, 0.3) is 0 Å². The first kappa shape index (κ1) is 22.7. The number of carbonyl (C=O) groups is 1. The largest absolute Gasteiger partial charge is 0.349 e. The molecule has 1 saturated heterocycles. The van der Waals surface area contributed by atoms with Crippen LogP contribution in [-0.2, 0) is 14.8 Å². The maximum absolute atomic E-state index is 12.4. The van der Waals surface area contributed by atoms with Crippen LogP contribution in [0.4, 0.5) is 5.69 Å². The van der Waals surface area contributed by atoms with Crippen LogP contribution < -0.4 is 15.4 Å². The summed E-state index contributed by atoms with van der Waals surface area (Å²) in [7, 11) is -3.36. The minimum absolute atomic E-state index is 0. The van der Waals surface area contributed by atoms with Crippen LogP contribution in [0.5, 0.6) is 0 Å². The lowest BCUT2D eigenvalue weighted by Crippen LogP contribution is -2.34. The van der Waals surface area contributed by atoms with Gasteiger partial charge in [-0.25, -0.2) is 8.42 Å². The second-order valence-electron chi connectivity index (χ2n) is 7.02. The van der Waals surface area contributed by atoms with Gasteiger partial charge >= 0.3 is 0 Å². The molecule has 1 aromatic rings. The second-order valence-corrected chi connectivity index (χ2v) is 8.77. The number of carbonyl (C=O) groups excluding carboxylic acids is 1. The van der Waals surface area contributed by atoms with Crippen LogP contribution in [0.25, 0.3) is 0 Å². The normalized spacial score (nSPS) is 17.7. The van der Waals surface area contributed by atoms with Crippen molar-refractivity contribution >= 4 is 34.0 Å². The zero-order chi connectivity index (χ0) is 18.4. The molecule has 0 saturated carbocycles. The predicted molar refractivity (Wildman–Crippen MR) is 108 cm³/mol. The van der Waals surface area contributed by atoms with Gasteiger partial charge < -0.3 is 10.6 Å². The van der Waals surface area contributed by atoms with Crippen LogP contribution in [0.3, 0.4) is 0 Å². The average molecular weight is 404 g/mol. The summed E-state index contributed by atoms with van der Waals surface area (Å²) < 4.78 is 25.5. The quantitative estimate of drug-likeness (QED) is 0.653. The van der Waals surface area contributed by atoms with Gasteiger partial charge in [0.2, 0.25) is 15.9 Å². The molecule has 2 unspecified atom stereocenters. The number of piperidine rings is 1. The van der Waals surface area contributed by atoms with Crippen molar-refractivity contribution in [2.75, 3.05) is 24.1 Å². The van der Waals surface area contributed by atoms with Gasteiger partial charge in [-0.15, -0.1) is 12.4 Å². The minimum atomic E-state index is -3.36. The number of para-hydroxylation sites is 1. The van der Waals surface area contributed by atoms with E-state index in [1.165, 1.54) is 0 Å². The lowest BCUT2D eigenvalue weighted by Gasteiger charge is -2.28. The molecule has 1 heterocycles. The summed E-state index contributed by atoms with van der Waals surface area (Å²) in [5, 5.41) is 6.35. The summed E-state index contributed by atoms with van der Waals surface area (Å²) in [5.74, 6) is 0.938. The van der Waals surface area contributed by atoms with Gasteiger partial charge in [0, 0.05) is 6.42 Å². The third-order valence-corrected chi connectivity index (χ3v) is 5.39. The number of hydrogen-bond acceptors (Lipinski definition) is 4. The molecule has 26 heavy (non-hydrogen) atoms. The van der Waals surface area contributed by atoms with Crippen molar-refractivity contribution in [3.05, 3.63) is 29.8 Å². The van der Waals surface area contributed by atoms with Crippen LogP contribution >= 0.6 is 12.4 Å². The maximum Gasteiger partial charge on any atom is 0.229 e. The SMILES string of the molecule is CC(NC(=O)CC(C)C1CCNCC1)c1ccccc1NS(C)(=O)=O.Cl. The topological polar surface area (TPSA) is 87.3 Å².